The topological polar surface area (TPSA) is 72.3 Å². The van der Waals surface area contributed by atoms with Gasteiger partial charge in [-0.2, -0.15) is 0 Å². The summed E-state index contributed by atoms with van der Waals surface area (Å²) in [5, 5.41) is 8.28. The molecule has 0 aromatic carbocycles. The largest absolute Gasteiger partial charge is 0.495 e. The fourth-order valence-corrected chi connectivity index (χ4v) is 0.269. The summed E-state index contributed by atoms with van der Waals surface area (Å²) < 4.78 is 0. The Morgan fingerprint density at radius 2 is 2.12 bits per heavy atom. The molecule has 0 heterocycles. The summed E-state index contributed by atoms with van der Waals surface area (Å²) in [6.07, 6.45) is 1.36. The van der Waals surface area contributed by atoms with Crippen LogP contribution in [-0.2, 0) is 0 Å². The molecule has 0 radical (unpaired) electrons. The van der Waals surface area contributed by atoms with E-state index >= 15 is 0 Å². The van der Waals surface area contributed by atoms with Gasteiger partial charge >= 0.3 is 0 Å². The second kappa shape index (κ2) is 4.46. The Morgan fingerprint density at radius 3 is 2.12 bits per heavy atom. The van der Waals surface area contributed by atoms with E-state index in [0.29, 0.717) is 0 Å². The minimum atomic E-state index is -0.213. The SMILES string of the molecule is C.CC(N)/C=C(\N)O. The normalized spacial score (nSPS) is 14.5. The zero-order valence-corrected chi connectivity index (χ0v) is 4.26. The van der Waals surface area contributed by atoms with Gasteiger partial charge in [-0.05, 0) is 13.0 Å². The number of aliphatic hydroxyl groups excluding tert-OH is 1. The van der Waals surface area contributed by atoms with Crippen molar-refractivity contribution in [1.82, 2.24) is 0 Å². The van der Waals surface area contributed by atoms with Gasteiger partial charge in [-0.15, -0.1) is 0 Å². The number of rotatable bonds is 1. The molecule has 3 heteroatoms. The van der Waals surface area contributed by atoms with E-state index < -0.39 is 0 Å². The molecule has 0 spiro atoms. The van der Waals surface area contributed by atoms with E-state index in [1.807, 2.05) is 0 Å². The van der Waals surface area contributed by atoms with Crippen molar-refractivity contribution in [3.63, 3.8) is 0 Å². The fourth-order valence-electron chi connectivity index (χ4n) is 0.269. The molecule has 0 aliphatic rings. The Labute approximate surface area is 50.0 Å². The molecule has 0 rings (SSSR count). The summed E-state index contributed by atoms with van der Waals surface area (Å²) in [4.78, 5) is 0. The molecule has 0 aromatic heterocycles. The second-order valence-corrected chi connectivity index (χ2v) is 1.45. The third-order valence-electron chi connectivity index (χ3n) is 0.434. The predicted molar refractivity (Wildman–Crippen MR) is 35.3 cm³/mol. The first-order valence-corrected chi connectivity index (χ1v) is 2.04. The van der Waals surface area contributed by atoms with E-state index in [0.717, 1.165) is 0 Å². The summed E-state index contributed by atoms with van der Waals surface area (Å²) in [5.41, 5.74) is 10.0. The minimum absolute atomic E-state index is 0. The summed E-state index contributed by atoms with van der Waals surface area (Å²) in [6.45, 7) is 1.73. The quantitative estimate of drug-likeness (QED) is 0.434. The van der Waals surface area contributed by atoms with E-state index in [4.69, 9.17) is 16.6 Å². The summed E-state index contributed by atoms with van der Waals surface area (Å²) in [5.74, 6) is -0.213. The zero-order chi connectivity index (χ0) is 5.86. The van der Waals surface area contributed by atoms with E-state index in [1.54, 1.807) is 6.92 Å². The van der Waals surface area contributed by atoms with Gasteiger partial charge in [0.25, 0.3) is 0 Å². The minimum Gasteiger partial charge on any atom is -0.495 e. The van der Waals surface area contributed by atoms with Crippen molar-refractivity contribution < 1.29 is 5.11 Å². The van der Waals surface area contributed by atoms with Crippen LogP contribution in [0.25, 0.3) is 0 Å². The highest BCUT2D eigenvalue weighted by Gasteiger charge is 1.84. The van der Waals surface area contributed by atoms with Crippen molar-refractivity contribution in [1.29, 1.82) is 0 Å². The van der Waals surface area contributed by atoms with Gasteiger partial charge in [0.1, 0.15) is 0 Å². The standard InChI is InChI=1S/C4H10N2O.CH4/c1-3(5)2-4(6)7;/h2-3,7H,5-6H2,1H3;1H4/b4-2+;. The number of nitrogens with two attached hydrogens (primary N) is 2. The third-order valence-corrected chi connectivity index (χ3v) is 0.434. The van der Waals surface area contributed by atoms with Crippen LogP contribution in [0.2, 0.25) is 0 Å². The molecule has 0 saturated heterocycles. The maximum atomic E-state index is 8.28. The molecule has 5 N–H and O–H groups in total. The lowest BCUT2D eigenvalue weighted by atomic mass is 10.3. The summed E-state index contributed by atoms with van der Waals surface area (Å²) >= 11 is 0. The first-order chi connectivity index (χ1) is 3.13. The monoisotopic (exact) mass is 118 g/mol. The van der Waals surface area contributed by atoms with Crippen LogP contribution < -0.4 is 11.5 Å². The smallest absolute Gasteiger partial charge is 0.178 e. The first-order valence-electron chi connectivity index (χ1n) is 2.04. The average Bonchev–Trinajstić information content (AvgIpc) is 1.27. The highest BCUT2D eigenvalue weighted by Crippen LogP contribution is 1.78. The van der Waals surface area contributed by atoms with Gasteiger partial charge in [-0.25, -0.2) is 0 Å². The lowest BCUT2D eigenvalue weighted by Gasteiger charge is -1.92. The van der Waals surface area contributed by atoms with Crippen LogP contribution in [0, 0.1) is 0 Å². The second-order valence-electron chi connectivity index (χ2n) is 1.45. The molecule has 50 valence electrons. The lowest BCUT2D eigenvalue weighted by Crippen LogP contribution is -2.13. The van der Waals surface area contributed by atoms with E-state index in [-0.39, 0.29) is 19.4 Å². The molecule has 1 unspecified atom stereocenters. The highest BCUT2D eigenvalue weighted by molar-refractivity contribution is 4.90. The Hall–Kier alpha value is -0.700. The van der Waals surface area contributed by atoms with Gasteiger partial charge in [-0.1, -0.05) is 7.43 Å². The Bertz CT molecular complexity index is 74.5. The summed E-state index contributed by atoms with van der Waals surface area (Å²) in [6, 6.07) is -0.162. The van der Waals surface area contributed by atoms with Crippen molar-refractivity contribution in [2.75, 3.05) is 0 Å². The van der Waals surface area contributed by atoms with Gasteiger partial charge in [0.15, 0.2) is 5.88 Å². The van der Waals surface area contributed by atoms with E-state index in [2.05, 4.69) is 0 Å². The molecular formula is C5H14N2O. The summed E-state index contributed by atoms with van der Waals surface area (Å²) in [7, 11) is 0. The highest BCUT2D eigenvalue weighted by atomic mass is 16.3. The van der Waals surface area contributed by atoms with E-state index in [9.17, 15) is 0 Å². The van der Waals surface area contributed by atoms with Crippen molar-refractivity contribution in [3.8, 4) is 0 Å². The van der Waals surface area contributed by atoms with Gasteiger partial charge in [-0.3, -0.25) is 0 Å². The van der Waals surface area contributed by atoms with Crippen LogP contribution in [0.15, 0.2) is 12.0 Å². The molecule has 0 aliphatic carbocycles. The van der Waals surface area contributed by atoms with Crippen LogP contribution in [-0.4, -0.2) is 11.1 Å². The molecule has 3 nitrogen and oxygen atoms in total. The van der Waals surface area contributed by atoms with E-state index in [1.165, 1.54) is 6.08 Å². The maximum Gasteiger partial charge on any atom is 0.178 e. The van der Waals surface area contributed by atoms with Crippen molar-refractivity contribution in [2.24, 2.45) is 11.5 Å². The van der Waals surface area contributed by atoms with Gasteiger partial charge in [0.2, 0.25) is 0 Å². The molecule has 0 aliphatic heterocycles. The van der Waals surface area contributed by atoms with Gasteiger partial charge in [0.05, 0.1) is 0 Å². The molecule has 0 bridgehead atoms. The first kappa shape index (κ1) is 10.3. The number of hydrogen-bond donors (Lipinski definition) is 3. The van der Waals surface area contributed by atoms with Crippen LogP contribution in [0.5, 0.6) is 0 Å². The van der Waals surface area contributed by atoms with Crippen molar-refractivity contribution in [2.45, 2.75) is 20.4 Å². The fraction of sp³-hybridized carbons (Fsp3) is 0.600. The predicted octanol–water partition coefficient (Wildman–Crippen LogP) is 0.328. The van der Waals surface area contributed by atoms with Gasteiger partial charge in [0, 0.05) is 6.04 Å². The molecule has 0 fully saturated rings. The van der Waals surface area contributed by atoms with Crippen molar-refractivity contribution >= 4 is 0 Å². The van der Waals surface area contributed by atoms with Crippen molar-refractivity contribution in [3.05, 3.63) is 12.0 Å². The lowest BCUT2D eigenvalue weighted by molar-refractivity contribution is 0.401. The van der Waals surface area contributed by atoms with Crippen LogP contribution >= 0.6 is 0 Å². The Balaban J connectivity index is 0. The molecule has 0 saturated carbocycles. The van der Waals surface area contributed by atoms with Crippen LogP contribution in [0.4, 0.5) is 0 Å². The Morgan fingerprint density at radius 1 is 1.75 bits per heavy atom. The zero-order valence-electron chi connectivity index (χ0n) is 4.26. The molecule has 0 amide bonds. The molecule has 1 atom stereocenters. The average molecular weight is 118 g/mol. The molecule has 8 heavy (non-hydrogen) atoms. The van der Waals surface area contributed by atoms with Gasteiger partial charge < -0.3 is 16.6 Å². The Kier molecular flexibility index (Phi) is 5.75. The van der Waals surface area contributed by atoms with Crippen LogP contribution in [0.1, 0.15) is 14.4 Å². The number of hydrogen-bond acceptors (Lipinski definition) is 3. The maximum absolute atomic E-state index is 8.28. The van der Waals surface area contributed by atoms with Crippen LogP contribution in [0.3, 0.4) is 0 Å². The number of aliphatic hydroxyl groups is 1. The molecular weight excluding hydrogens is 104 g/mol. The molecule has 0 aromatic rings. The third kappa shape index (κ3) is 9.00.